The van der Waals surface area contributed by atoms with Crippen molar-refractivity contribution < 1.29 is 0 Å². The Morgan fingerprint density at radius 2 is 2.00 bits per heavy atom. The lowest BCUT2D eigenvalue weighted by Crippen LogP contribution is -2.24. The first-order chi connectivity index (χ1) is 8.74. The number of hydrogen-bond donors (Lipinski definition) is 1. The number of pyridine rings is 1. The second-order valence-electron chi connectivity index (χ2n) is 4.22. The summed E-state index contributed by atoms with van der Waals surface area (Å²) >= 11 is 3.59. The van der Waals surface area contributed by atoms with Gasteiger partial charge in [0.25, 0.3) is 0 Å². The van der Waals surface area contributed by atoms with Gasteiger partial charge in [-0.25, -0.2) is 0 Å². The van der Waals surface area contributed by atoms with E-state index in [2.05, 4.69) is 64.3 Å². The monoisotopic (exact) mass is 304 g/mol. The van der Waals surface area contributed by atoms with Gasteiger partial charge in [-0.2, -0.15) is 0 Å². The van der Waals surface area contributed by atoms with Gasteiger partial charge in [0.15, 0.2) is 0 Å². The van der Waals surface area contributed by atoms with Crippen molar-refractivity contribution in [1.29, 1.82) is 0 Å². The van der Waals surface area contributed by atoms with Gasteiger partial charge in [-0.15, -0.1) is 0 Å². The molecule has 0 saturated carbocycles. The predicted molar refractivity (Wildman–Crippen MR) is 78.6 cm³/mol. The summed E-state index contributed by atoms with van der Waals surface area (Å²) < 4.78 is 1.04. The molecule has 1 aromatic heterocycles. The summed E-state index contributed by atoms with van der Waals surface area (Å²) in [6.07, 6.45) is 1.84. The maximum atomic E-state index is 4.51. The highest BCUT2D eigenvalue weighted by Crippen LogP contribution is 2.28. The van der Waals surface area contributed by atoms with Gasteiger partial charge < -0.3 is 5.32 Å². The zero-order valence-electron chi connectivity index (χ0n) is 10.7. The second-order valence-corrected chi connectivity index (χ2v) is 5.07. The van der Waals surface area contributed by atoms with Gasteiger partial charge in [0.05, 0.1) is 11.7 Å². The van der Waals surface area contributed by atoms with E-state index in [1.807, 2.05) is 18.3 Å². The smallest absolute Gasteiger partial charge is 0.0765 e. The lowest BCUT2D eigenvalue weighted by Gasteiger charge is -2.20. The molecule has 0 radical (unpaired) electrons. The van der Waals surface area contributed by atoms with Crippen LogP contribution in [0.3, 0.4) is 0 Å². The lowest BCUT2D eigenvalue weighted by molar-refractivity contribution is 0.610. The summed E-state index contributed by atoms with van der Waals surface area (Å²) in [5, 5.41) is 3.50. The maximum Gasteiger partial charge on any atom is 0.0765 e. The molecule has 1 atom stereocenters. The van der Waals surface area contributed by atoms with Crippen LogP contribution in [0.15, 0.2) is 47.1 Å². The Hall–Kier alpha value is -1.19. The zero-order valence-corrected chi connectivity index (χ0v) is 12.2. The number of nitrogens with zero attached hydrogens (tertiary/aromatic N) is 1. The molecule has 0 fully saturated rings. The van der Waals surface area contributed by atoms with Crippen LogP contribution in [0.1, 0.15) is 29.8 Å². The third-order valence-corrected chi connectivity index (χ3v) is 3.64. The van der Waals surface area contributed by atoms with Crippen LogP contribution >= 0.6 is 15.9 Å². The van der Waals surface area contributed by atoms with E-state index in [0.29, 0.717) is 0 Å². The van der Waals surface area contributed by atoms with E-state index in [4.69, 9.17) is 0 Å². The zero-order chi connectivity index (χ0) is 13.0. The topological polar surface area (TPSA) is 24.9 Å². The maximum absolute atomic E-state index is 4.51. The first-order valence-electron chi connectivity index (χ1n) is 6.13. The Balaban J connectivity index is 2.47. The van der Waals surface area contributed by atoms with Crippen molar-refractivity contribution in [3.63, 3.8) is 0 Å². The highest BCUT2D eigenvalue weighted by atomic mass is 79.9. The van der Waals surface area contributed by atoms with E-state index < -0.39 is 0 Å². The molecule has 94 valence electrons. The van der Waals surface area contributed by atoms with Crippen molar-refractivity contribution in [2.24, 2.45) is 0 Å². The minimum Gasteiger partial charge on any atom is -0.305 e. The number of hydrogen-bond acceptors (Lipinski definition) is 2. The number of benzene rings is 1. The Morgan fingerprint density at radius 1 is 1.22 bits per heavy atom. The third-order valence-electron chi connectivity index (χ3n) is 2.97. The molecule has 0 spiro atoms. The van der Waals surface area contributed by atoms with E-state index in [1.165, 1.54) is 11.1 Å². The van der Waals surface area contributed by atoms with Crippen molar-refractivity contribution >= 4 is 15.9 Å². The molecule has 0 aliphatic rings. The van der Waals surface area contributed by atoms with Crippen LogP contribution in [-0.4, -0.2) is 11.5 Å². The number of nitrogens with one attached hydrogen (secondary N) is 1. The van der Waals surface area contributed by atoms with Gasteiger partial charge in [0, 0.05) is 10.7 Å². The number of rotatable bonds is 4. The van der Waals surface area contributed by atoms with Crippen LogP contribution < -0.4 is 5.32 Å². The van der Waals surface area contributed by atoms with Crippen LogP contribution in [-0.2, 0) is 0 Å². The molecular formula is C15H17BrN2. The minimum absolute atomic E-state index is 0.131. The summed E-state index contributed by atoms with van der Waals surface area (Å²) in [7, 11) is 0. The SMILES string of the molecule is CCNC(c1ccccc1C)c1ncccc1Br. The molecule has 18 heavy (non-hydrogen) atoms. The molecule has 2 aromatic rings. The minimum atomic E-state index is 0.131. The van der Waals surface area contributed by atoms with Gasteiger partial charge in [0.2, 0.25) is 0 Å². The highest BCUT2D eigenvalue weighted by molar-refractivity contribution is 9.10. The van der Waals surface area contributed by atoms with Crippen LogP contribution in [0, 0.1) is 6.92 Å². The molecule has 3 heteroatoms. The van der Waals surface area contributed by atoms with Gasteiger partial charge in [-0.05, 0) is 52.7 Å². The number of aryl methyl sites for hydroxylation is 1. The Kier molecular flexibility index (Phi) is 4.50. The van der Waals surface area contributed by atoms with Gasteiger partial charge in [-0.1, -0.05) is 31.2 Å². The van der Waals surface area contributed by atoms with Crippen molar-refractivity contribution in [2.75, 3.05) is 6.54 Å². The molecule has 0 aliphatic heterocycles. The molecule has 1 N–H and O–H groups in total. The fourth-order valence-electron chi connectivity index (χ4n) is 2.08. The Morgan fingerprint density at radius 3 is 2.67 bits per heavy atom. The molecule has 1 heterocycles. The highest BCUT2D eigenvalue weighted by Gasteiger charge is 2.18. The molecular weight excluding hydrogens is 288 g/mol. The quantitative estimate of drug-likeness (QED) is 0.928. The first-order valence-corrected chi connectivity index (χ1v) is 6.92. The van der Waals surface area contributed by atoms with E-state index in [-0.39, 0.29) is 6.04 Å². The van der Waals surface area contributed by atoms with Crippen LogP contribution in [0.25, 0.3) is 0 Å². The van der Waals surface area contributed by atoms with Gasteiger partial charge >= 0.3 is 0 Å². The summed E-state index contributed by atoms with van der Waals surface area (Å²) in [6, 6.07) is 12.5. The van der Waals surface area contributed by atoms with Crippen molar-refractivity contribution in [2.45, 2.75) is 19.9 Å². The molecule has 2 nitrogen and oxygen atoms in total. The third kappa shape index (κ3) is 2.79. The Labute approximate surface area is 117 Å². The van der Waals surface area contributed by atoms with E-state index in [1.54, 1.807) is 0 Å². The van der Waals surface area contributed by atoms with Crippen LogP contribution in [0.4, 0.5) is 0 Å². The Bertz CT molecular complexity index is 480. The number of halogens is 1. The molecule has 1 aromatic carbocycles. The first kappa shape index (κ1) is 13.2. The summed E-state index contributed by atoms with van der Waals surface area (Å²) in [6.45, 7) is 5.15. The molecule has 0 aliphatic carbocycles. The average Bonchev–Trinajstić information content (AvgIpc) is 2.38. The molecule has 0 amide bonds. The van der Waals surface area contributed by atoms with E-state index in [0.717, 1.165) is 16.7 Å². The van der Waals surface area contributed by atoms with Crippen molar-refractivity contribution in [3.8, 4) is 0 Å². The summed E-state index contributed by atoms with van der Waals surface area (Å²) in [5.41, 5.74) is 3.59. The largest absolute Gasteiger partial charge is 0.305 e. The van der Waals surface area contributed by atoms with Crippen molar-refractivity contribution in [3.05, 3.63) is 63.9 Å². The fraction of sp³-hybridized carbons (Fsp3) is 0.267. The van der Waals surface area contributed by atoms with Gasteiger partial charge in [-0.3, -0.25) is 4.98 Å². The second kappa shape index (κ2) is 6.12. The summed E-state index contributed by atoms with van der Waals surface area (Å²) in [4.78, 5) is 4.51. The molecule has 2 rings (SSSR count). The van der Waals surface area contributed by atoms with Gasteiger partial charge in [0.1, 0.15) is 0 Å². The number of aromatic nitrogens is 1. The van der Waals surface area contributed by atoms with E-state index >= 15 is 0 Å². The predicted octanol–water partition coefficient (Wildman–Crippen LogP) is 3.85. The standard InChI is InChI=1S/C15H17BrN2/c1-3-17-14(12-8-5-4-7-11(12)2)15-13(16)9-6-10-18-15/h4-10,14,17H,3H2,1-2H3. The molecule has 1 unspecified atom stereocenters. The van der Waals surface area contributed by atoms with E-state index in [9.17, 15) is 0 Å². The normalized spacial score (nSPS) is 12.4. The van der Waals surface area contributed by atoms with Crippen molar-refractivity contribution in [1.82, 2.24) is 10.3 Å². The van der Waals surface area contributed by atoms with Crippen LogP contribution in [0.2, 0.25) is 0 Å². The lowest BCUT2D eigenvalue weighted by atomic mass is 9.98. The average molecular weight is 305 g/mol. The van der Waals surface area contributed by atoms with Crippen LogP contribution in [0.5, 0.6) is 0 Å². The fourth-order valence-corrected chi connectivity index (χ4v) is 2.56. The molecule has 0 bridgehead atoms. The molecule has 0 saturated heterocycles. The summed E-state index contributed by atoms with van der Waals surface area (Å²) in [5.74, 6) is 0.